The van der Waals surface area contributed by atoms with Crippen molar-refractivity contribution in [3.63, 3.8) is 0 Å². The van der Waals surface area contributed by atoms with Gasteiger partial charge in [0, 0.05) is 32.0 Å². The highest BCUT2D eigenvalue weighted by molar-refractivity contribution is 5.43. The lowest BCUT2D eigenvalue weighted by Gasteiger charge is -2.26. The SMILES string of the molecule is COCCN(CC(C)C)c1nccc(CO)c1F. The summed E-state index contributed by atoms with van der Waals surface area (Å²) in [6.45, 7) is 5.59. The number of aromatic nitrogens is 1. The predicted octanol–water partition coefficient (Wildman–Crippen LogP) is 1.82. The first kappa shape index (κ1) is 14.9. The molecule has 0 unspecified atom stereocenters. The number of aliphatic hydroxyl groups is 1. The zero-order valence-corrected chi connectivity index (χ0v) is 11.2. The van der Waals surface area contributed by atoms with Gasteiger partial charge in [-0.3, -0.25) is 0 Å². The van der Waals surface area contributed by atoms with Gasteiger partial charge in [0.25, 0.3) is 0 Å². The molecule has 102 valence electrons. The van der Waals surface area contributed by atoms with Gasteiger partial charge in [-0.05, 0) is 12.0 Å². The largest absolute Gasteiger partial charge is 0.392 e. The Kier molecular flexibility index (Phi) is 6.01. The molecule has 1 heterocycles. The minimum Gasteiger partial charge on any atom is -0.392 e. The van der Waals surface area contributed by atoms with Crippen LogP contribution < -0.4 is 4.90 Å². The van der Waals surface area contributed by atoms with Crippen LogP contribution in [0.4, 0.5) is 10.2 Å². The molecule has 0 radical (unpaired) electrons. The summed E-state index contributed by atoms with van der Waals surface area (Å²) < 4.78 is 19.1. The van der Waals surface area contributed by atoms with Crippen LogP contribution in [0.15, 0.2) is 12.3 Å². The summed E-state index contributed by atoms with van der Waals surface area (Å²) in [5.41, 5.74) is 0.270. The zero-order valence-electron chi connectivity index (χ0n) is 11.2. The maximum absolute atomic E-state index is 14.1. The maximum Gasteiger partial charge on any atom is 0.171 e. The Hall–Kier alpha value is -1.20. The number of ether oxygens (including phenoxy) is 1. The van der Waals surface area contributed by atoms with E-state index in [0.29, 0.717) is 25.6 Å². The smallest absolute Gasteiger partial charge is 0.171 e. The van der Waals surface area contributed by atoms with Gasteiger partial charge >= 0.3 is 0 Å². The van der Waals surface area contributed by atoms with E-state index in [1.165, 1.54) is 12.3 Å². The first-order chi connectivity index (χ1) is 8.60. The summed E-state index contributed by atoms with van der Waals surface area (Å²) in [4.78, 5) is 5.93. The number of halogens is 1. The number of pyridine rings is 1. The van der Waals surface area contributed by atoms with Crippen LogP contribution in [0.1, 0.15) is 19.4 Å². The minimum absolute atomic E-state index is 0.270. The van der Waals surface area contributed by atoms with Crippen LogP contribution in [0, 0.1) is 11.7 Å². The van der Waals surface area contributed by atoms with E-state index in [0.717, 1.165) is 0 Å². The fourth-order valence-corrected chi connectivity index (χ4v) is 1.74. The van der Waals surface area contributed by atoms with Crippen LogP contribution >= 0.6 is 0 Å². The van der Waals surface area contributed by atoms with Crippen molar-refractivity contribution < 1.29 is 14.2 Å². The Morgan fingerprint density at radius 3 is 2.78 bits per heavy atom. The molecule has 0 amide bonds. The summed E-state index contributed by atoms with van der Waals surface area (Å²) in [5, 5.41) is 9.07. The highest BCUT2D eigenvalue weighted by atomic mass is 19.1. The number of nitrogens with zero attached hydrogens (tertiary/aromatic N) is 2. The number of hydrogen-bond acceptors (Lipinski definition) is 4. The summed E-state index contributed by atoms with van der Waals surface area (Å²) >= 11 is 0. The fourth-order valence-electron chi connectivity index (χ4n) is 1.74. The molecule has 0 aliphatic rings. The molecular formula is C13H21FN2O2. The highest BCUT2D eigenvalue weighted by Crippen LogP contribution is 2.20. The molecule has 0 atom stereocenters. The number of hydrogen-bond donors (Lipinski definition) is 1. The molecule has 1 aromatic rings. The second-order valence-electron chi connectivity index (χ2n) is 4.60. The van der Waals surface area contributed by atoms with Gasteiger partial charge in [0.2, 0.25) is 0 Å². The molecule has 0 aromatic carbocycles. The Morgan fingerprint density at radius 2 is 2.22 bits per heavy atom. The lowest BCUT2D eigenvalue weighted by Crippen LogP contribution is -2.32. The van der Waals surface area contributed by atoms with Crippen LogP contribution in [0.25, 0.3) is 0 Å². The molecule has 0 saturated heterocycles. The Labute approximate surface area is 107 Å². The molecule has 0 saturated carbocycles. The summed E-state index contributed by atoms with van der Waals surface area (Å²) in [7, 11) is 1.61. The third-order valence-corrected chi connectivity index (χ3v) is 2.57. The molecule has 0 spiro atoms. The molecule has 0 bridgehead atoms. The van der Waals surface area contributed by atoms with E-state index < -0.39 is 5.82 Å². The quantitative estimate of drug-likeness (QED) is 0.808. The van der Waals surface area contributed by atoms with Crippen molar-refractivity contribution in [1.82, 2.24) is 4.98 Å². The normalized spacial score (nSPS) is 11.0. The Balaban J connectivity index is 2.96. The third-order valence-electron chi connectivity index (χ3n) is 2.57. The maximum atomic E-state index is 14.1. The second kappa shape index (κ2) is 7.28. The number of methoxy groups -OCH3 is 1. The van der Waals surface area contributed by atoms with Crippen LogP contribution in [-0.4, -0.2) is 36.9 Å². The van der Waals surface area contributed by atoms with E-state index in [1.54, 1.807) is 7.11 Å². The average Bonchev–Trinajstić information content (AvgIpc) is 2.34. The van der Waals surface area contributed by atoms with Gasteiger partial charge in [-0.1, -0.05) is 13.8 Å². The van der Waals surface area contributed by atoms with Crippen LogP contribution in [-0.2, 0) is 11.3 Å². The van der Waals surface area contributed by atoms with Gasteiger partial charge in [-0.15, -0.1) is 0 Å². The van der Waals surface area contributed by atoms with Gasteiger partial charge < -0.3 is 14.7 Å². The first-order valence-corrected chi connectivity index (χ1v) is 6.08. The van der Waals surface area contributed by atoms with Gasteiger partial charge in [-0.2, -0.15) is 0 Å². The number of anilines is 1. The van der Waals surface area contributed by atoms with Gasteiger partial charge in [0.1, 0.15) is 0 Å². The van der Waals surface area contributed by atoms with E-state index in [-0.39, 0.29) is 18.0 Å². The lowest BCUT2D eigenvalue weighted by atomic mass is 10.2. The minimum atomic E-state index is -0.447. The standard InChI is InChI=1S/C13H21FN2O2/c1-10(2)8-16(6-7-18-3)13-12(14)11(9-17)4-5-15-13/h4-5,10,17H,6-9H2,1-3H3. The van der Waals surface area contributed by atoms with Gasteiger partial charge in [0.05, 0.1) is 13.2 Å². The van der Waals surface area contributed by atoms with Crippen molar-refractivity contribution in [3.8, 4) is 0 Å². The molecule has 18 heavy (non-hydrogen) atoms. The molecule has 4 nitrogen and oxygen atoms in total. The first-order valence-electron chi connectivity index (χ1n) is 6.08. The monoisotopic (exact) mass is 256 g/mol. The molecule has 0 aliphatic carbocycles. The van der Waals surface area contributed by atoms with E-state index in [2.05, 4.69) is 18.8 Å². The molecule has 0 fully saturated rings. The van der Waals surface area contributed by atoms with Gasteiger partial charge in [0.15, 0.2) is 11.6 Å². The van der Waals surface area contributed by atoms with Crippen LogP contribution in [0.3, 0.4) is 0 Å². The second-order valence-corrected chi connectivity index (χ2v) is 4.60. The van der Waals surface area contributed by atoms with Crippen LogP contribution in [0.5, 0.6) is 0 Å². The van der Waals surface area contributed by atoms with E-state index >= 15 is 0 Å². The molecular weight excluding hydrogens is 235 g/mol. The summed E-state index contributed by atoms with van der Waals surface area (Å²) in [6, 6.07) is 1.49. The average molecular weight is 256 g/mol. The van der Waals surface area contributed by atoms with Crippen LogP contribution in [0.2, 0.25) is 0 Å². The summed E-state index contributed by atoms with van der Waals surface area (Å²) in [5.74, 6) is 0.227. The molecule has 5 heteroatoms. The number of rotatable bonds is 7. The third kappa shape index (κ3) is 3.92. The van der Waals surface area contributed by atoms with Gasteiger partial charge in [-0.25, -0.2) is 9.37 Å². The molecule has 1 rings (SSSR count). The topological polar surface area (TPSA) is 45.6 Å². The Morgan fingerprint density at radius 1 is 1.50 bits per heavy atom. The molecule has 1 N–H and O–H groups in total. The zero-order chi connectivity index (χ0) is 13.5. The van der Waals surface area contributed by atoms with E-state index in [9.17, 15) is 4.39 Å². The Bertz CT molecular complexity index is 372. The molecule has 1 aromatic heterocycles. The van der Waals surface area contributed by atoms with Crippen molar-refractivity contribution in [2.24, 2.45) is 5.92 Å². The van der Waals surface area contributed by atoms with Crippen molar-refractivity contribution in [2.75, 3.05) is 31.7 Å². The predicted molar refractivity (Wildman–Crippen MR) is 69.0 cm³/mol. The van der Waals surface area contributed by atoms with Crippen molar-refractivity contribution in [1.29, 1.82) is 0 Å². The van der Waals surface area contributed by atoms with Crippen molar-refractivity contribution >= 4 is 5.82 Å². The number of aliphatic hydroxyl groups excluding tert-OH is 1. The van der Waals surface area contributed by atoms with E-state index in [4.69, 9.17) is 9.84 Å². The van der Waals surface area contributed by atoms with Crippen molar-refractivity contribution in [3.05, 3.63) is 23.6 Å². The molecule has 0 aliphatic heterocycles. The highest BCUT2D eigenvalue weighted by Gasteiger charge is 2.16. The van der Waals surface area contributed by atoms with Crippen molar-refractivity contribution in [2.45, 2.75) is 20.5 Å². The fraction of sp³-hybridized carbons (Fsp3) is 0.615. The van der Waals surface area contributed by atoms with E-state index in [1.807, 2.05) is 4.90 Å². The lowest BCUT2D eigenvalue weighted by molar-refractivity contribution is 0.204. The summed E-state index contributed by atoms with van der Waals surface area (Å²) in [6.07, 6.45) is 1.52.